The van der Waals surface area contributed by atoms with E-state index in [9.17, 15) is 18.0 Å². The molecule has 0 aliphatic carbocycles. The molecule has 2 aromatic carbocycles. The van der Waals surface area contributed by atoms with Crippen LogP contribution in [0.3, 0.4) is 0 Å². The lowest BCUT2D eigenvalue weighted by Gasteiger charge is -2.19. The van der Waals surface area contributed by atoms with Gasteiger partial charge in [-0.15, -0.1) is 0 Å². The quantitative estimate of drug-likeness (QED) is 0.642. The van der Waals surface area contributed by atoms with Gasteiger partial charge in [-0.3, -0.25) is 9.59 Å². The van der Waals surface area contributed by atoms with E-state index in [0.717, 1.165) is 27.8 Å². The molecule has 0 radical (unpaired) electrons. The molecule has 2 rings (SSSR count). The van der Waals surface area contributed by atoms with Crippen molar-refractivity contribution in [3.05, 3.63) is 57.6 Å². The lowest BCUT2D eigenvalue weighted by Crippen LogP contribution is -2.29. The highest BCUT2D eigenvalue weighted by Gasteiger charge is 2.23. The molecule has 0 saturated heterocycles. The van der Waals surface area contributed by atoms with Gasteiger partial charge in [0.1, 0.15) is 0 Å². The number of nitrogens with one attached hydrogen (secondary N) is 2. The van der Waals surface area contributed by atoms with E-state index >= 15 is 0 Å². The van der Waals surface area contributed by atoms with E-state index in [1.54, 1.807) is 26.0 Å². The number of carbonyl (C=O) groups is 2. The maximum Gasteiger partial charge on any atom is 0.248 e. The highest BCUT2D eigenvalue weighted by atomic mass is 32.2. The average molecular weight is 418 g/mol. The zero-order valence-corrected chi connectivity index (χ0v) is 18.2. The number of rotatable bonds is 7. The van der Waals surface area contributed by atoms with Crippen molar-refractivity contribution in [1.82, 2.24) is 4.72 Å². The van der Waals surface area contributed by atoms with Crippen LogP contribution in [0.25, 0.3) is 0 Å². The van der Waals surface area contributed by atoms with Crippen molar-refractivity contribution in [3.8, 4) is 0 Å². The van der Waals surface area contributed by atoms with Crippen molar-refractivity contribution < 1.29 is 18.0 Å². The summed E-state index contributed by atoms with van der Waals surface area (Å²) in [7, 11) is -3.75. The minimum Gasteiger partial charge on any atom is -0.366 e. The molecule has 4 N–H and O–H groups in total. The van der Waals surface area contributed by atoms with Crippen molar-refractivity contribution in [2.75, 3.05) is 11.9 Å². The minimum atomic E-state index is -3.75. The topological polar surface area (TPSA) is 118 Å². The normalized spacial score (nSPS) is 11.3. The Morgan fingerprint density at radius 2 is 1.34 bits per heavy atom. The summed E-state index contributed by atoms with van der Waals surface area (Å²) in [5, 5.41) is 2.66. The summed E-state index contributed by atoms with van der Waals surface area (Å²) in [6.07, 6.45) is -0.0290. The Labute approximate surface area is 171 Å². The zero-order valence-electron chi connectivity index (χ0n) is 17.3. The molecule has 0 spiro atoms. The number of benzene rings is 2. The van der Waals surface area contributed by atoms with E-state index in [1.807, 2.05) is 20.8 Å². The van der Waals surface area contributed by atoms with Crippen LogP contribution in [0, 0.1) is 34.6 Å². The van der Waals surface area contributed by atoms with Crippen LogP contribution in [-0.4, -0.2) is 26.8 Å². The van der Waals surface area contributed by atoms with Gasteiger partial charge in [-0.1, -0.05) is 0 Å². The second-order valence-corrected chi connectivity index (χ2v) is 8.80. The minimum absolute atomic E-state index is 0.0290. The Morgan fingerprint density at radius 1 is 0.862 bits per heavy atom. The molecular weight excluding hydrogens is 390 g/mol. The van der Waals surface area contributed by atoms with Crippen molar-refractivity contribution in [1.29, 1.82) is 0 Å². The fourth-order valence-electron chi connectivity index (χ4n) is 3.18. The third kappa shape index (κ3) is 5.02. The molecule has 7 nitrogen and oxygen atoms in total. The highest BCUT2D eigenvalue weighted by molar-refractivity contribution is 7.89. The fourth-order valence-corrected chi connectivity index (χ4v) is 4.81. The Morgan fingerprint density at radius 3 is 1.83 bits per heavy atom. The van der Waals surface area contributed by atoms with Gasteiger partial charge in [0.05, 0.1) is 4.90 Å². The predicted octanol–water partition coefficient (Wildman–Crippen LogP) is 2.63. The van der Waals surface area contributed by atoms with Crippen molar-refractivity contribution in [3.63, 3.8) is 0 Å². The molecule has 29 heavy (non-hydrogen) atoms. The molecule has 8 heteroatoms. The number of amides is 2. The van der Waals surface area contributed by atoms with Gasteiger partial charge >= 0.3 is 0 Å². The monoisotopic (exact) mass is 417 g/mol. The van der Waals surface area contributed by atoms with Gasteiger partial charge in [-0.25, -0.2) is 13.1 Å². The van der Waals surface area contributed by atoms with Gasteiger partial charge in [-0.05, 0) is 86.7 Å². The van der Waals surface area contributed by atoms with Gasteiger partial charge in [0.2, 0.25) is 21.8 Å². The third-order valence-corrected chi connectivity index (χ3v) is 7.03. The number of carbonyl (C=O) groups excluding carboxylic acids is 2. The lowest BCUT2D eigenvalue weighted by molar-refractivity contribution is -0.116. The Bertz CT molecular complexity index is 1030. The van der Waals surface area contributed by atoms with Gasteiger partial charge in [0.25, 0.3) is 0 Å². The van der Waals surface area contributed by atoms with E-state index < -0.39 is 15.9 Å². The molecule has 156 valence electrons. The molecule has 0 unspecified atom stereocenters. The Kier molecular flexibility index (Phi) is 6.81. The molecular formula is C21H27N3O4S. The average Bonchev–Trinajstić information content (AvgIpc) is 2.65. The van der Waals surface area contributed by atoms with E-state index in [2.05, 4.69) is 10.0 Å². The number of hydrogen-bond acceptors (Lipinski definition) is 4. The molecule has 0 atom stereocenters. The second-order valence-electron chi connectivity index (χ2n) is 7.09. The number of sulfonamides is 1. The first-order valence-corrected chi connectivity index (χ1v) is 10.7. The van der Waals surface area contributed by atoms with Crippen LogP contribution in [0.4, 0.5) is 5.69 Å². The highest BCUT2D eigenvalue weighted by Crippen LogP contribution is 2.29. The number of anilines is 1. The molecule has 2 aromatic rings. The van der Waals surface area contributed by atoms with Crippen LogP contribution in [0.1, 0.15) is 44.6 Å². The van der Waals surface area contributed by atoms with E-state index in [4.69, 9.17) is 5.73 Å². The van der Waals surface area contributed by atoms with Crippen LogP contribution in [0.15, 0.2) is 29.2 Å². The molecule has 0 aliphatic heterocycles. The van der Waals surface area contributed by atoms with Gasteiger partial charge in [0, 0.05) is 24.2 Å². The molecule has 0 saturated carbocycles. The maximum absolute atomic E-state index is 12.8. The fraction of sp³-hybridized carbons (Fsp3) is 0.333. The first-order valence-electron chi connectivity index (χ1n) is 9.22. The zero-order chi connectivity index (χ0) is 21.9. The Hall–Kier alpha value is -2.71. The summed E-state index contributed by atoms with van der Waals surface area (Å²) in [4.78, 5) is 23.4. The number of nitrogens with two attached hydrogens (primary N) is 1. The van der Waals surface area contributed by atoms with Gasteiger partial charge in [-0.2, -0.15) is 0 Å². The molecule has 0 bridgehead atoms. The standard InChI is InChI=1S/C21H27N3O4S/c1-12-13(2)15(4)20(16(5)14(12)3)29(27,28)23-11-10-19(25)24-18-8-6-17(7-9-18)21(22)26/h6-9,23H,10-11H2,1-5H3,(H2,22,26)(H,24,25). The molecule has 0 aromatic heterocycles. The molecule has 2 amide bonds. The first-order chi connectivity index (χ1) is 13.5. The predicted molar refractivity (Wildman–Crippen MR) is 114 cm³/mol. The summed E-state index contributed by atoms with van der Waals surface area (Å²) < 4.78 is 28.2. The summed E-state index contributed by atoms with van der Waals surface area (Å²) in [6.45, 7) is 9.37. The second kappa shape index (κ2) is 8.75. The van der Waals surface area contributed by atoms with Crippen molar-refractivity contribution in [2.45, 2.75) is 45.9 Å². The molecule has 0 fully saturated rings. The van der Waals surface area contributed by atoms with E-state index in [1.165, 1.54) is 12.1 Å². The largest absolute Gasteiger partial charge is 0.366 e. The first kappa shape index (κ1) is 22.6. The lowest BCUT2D eigenvalue weighted by atomic mass is 9.95. The summed E-state index contributed by atoms with van der Waals surface area (Å²) >= 11 is 0. The van der Waals surface area contributed by atoms with Crippen LogP contribution in [0.5, 0.6) is 0 Å². The summed E-state index contributed by atoms with van der Waals surface area (Å²) in [5.41, 5.74) is 10.4. The van der Waals surface area contributed by atoms with Crippen molar-refractivity contribution in [2.24, 2.45) is 5.73 Å². The summed E-state index contributed by atoms with van der Waals surface area (Å²) in [5.74, 6) is -0.895. The maximum atomic E-state index is 12.8. The van der Waals surface area contributed by atoms with E-state index in [-0.39, 0.29) is 23.8 Å². The van der Waals surface area contributed by atoms with Gasteiger partial charge < -0.3 is 11.1 Å². The summed E-state index contributed by atoms with van der Waals surface area (Å²) in [6, 6.07) is 6.14. The molecule has 0 aliphatic rings. The third-order valence-electron chi connectivity index (χ3n) is 5.30. The van der Waals surface area contributed by atoms with Crippen LogP contribution < -0.4 is 15.8 Å². The van der Waals surface area contributed by atoms with Crippen molar-refractivity contribution >= 4 is 27.5 Å². The van der Waals surface area contributed by atoms with Crippen LogP contribution in [-0.2, 0) is 14.8 Å². The number of primary amides is 1. The van der Waals surface area contributed by atoms with Gasteiger partial charge in [0.15, 0.2) is 0 Å². The molecule has 0 heterocycles. The van der Waals surface area contributed by atoms with E-state index in [0.29, 0.717) is 11.3 Å². The SMILES string of the molecule is Cc1c(C)c(C)c(S(=O)(=O)NCCC(=O)Nc2ccc(C(N)=O)cc2)c(C)c1C. The van der Waals surface area contributed by atoms with Crippen LogP contribution in [0.2, 0.25) is 0 Å². The Balaban J connectivity index is 2.04. The number of hydrogen-bond donors (Lipinski definition) is 3. The smallest absolute Gasteiger partial charge is 0.248 e. The van der Waals surface area contributed by atoms with Crippen LogP contribution >= 0.6 is 0 Å².